The van der Waals surface area contributed by atoms with E-state index in [2.05, 4.69) is 28.8 Å². The molecular formula is C18H31IN4OS. The van der Waals surface area contributed by atoms with E-state index in [1.807, 2.05) is 43.9 Å². The number of nitrogens with zero attached hydrogens (tertiary/aromatic N) is 2. The first-order chi connectivity index (χ1) is 11.6. The van der Waals surface area contributed by atoms with Crippen molar-refractivity contribution in [2.75, 3.05) is 12.8 Å². The van der Waals surface area contributed by atoms with E-state index in [4.69, 9.17) is 9.73 Å². The van der Waals surface area contributed by atoms with Gasteiger partial charge in [-0.15, -0.1) is 24.0 Å². The Labute approximate surface area is 173 Å². The number of pyridine rings is 1. The van der Waals surface area contributed by atoms with Gasteiger partial charge in [-0.3, -0.25) is 0 Å². The summed E-state index contributed by atoms with van der Waals surface area (Å²) in [6, 6.07) is 4.46. The van der Waals surface area contributed by atoms with Gasteiger partial charge in [0.05, 0.1) is 12.6 Å². The van der Waals surface area contributed by atoms with Gasteiger partial charge in [0.15, 0.2) is 5.96 Å². The van der Waals surface area contributed by atoms with Crippen LogP contribution in [0.2, 0.25) is 0 Å². The van der Waals surface area contributed by atoms with E-state index >= 15 is 0 Å². The van der Waals surface area contributed by atoms with E-state index in [-0.39, 0.29) is 30.1 Å². The first kappa shape index (κ1) is 22.3. The summed E-state index contributed by atoms with van der Waals surface area (Å²) < 4.78 is 5.57. The van der Waals surface area contributed by atoms with Crippen molar-refractivity contribution < 1.29 is 4.74 Å². The molecule has 0 amide bonds. The summed E-state index contributed by atoms with van der Waals surface area (Å²) in [4.78, 5) is 9.03. The molecule has 2 rings (SSSR count). The first-order valence-electron chi connectivity index (χ1n) is 8.80. The second-order valence-electron chi connectivity index (χ2n) is 6.38. The number of aliphatic imine (C=N–C) groups is 1. The van der Waals surface area contributed by atoms with Gasteiger partial charge in [0.1, 0.15) is 0 Å². The van der Waals surface area contributed by atoms with E-state index in [0.29, 0.717) is 18.5 Å². The van der Waals surface area contributed by atoms with Crippen LogP contribution in [0, 0.1) is 0 Å². The third-order valence-electron chi connectivity index (χ3n) is 3.98. The van der Waals surface area contributed by atoms with Crippen molar-refractivity contribution in [2.24, 2.45) is 4.99 Å². The number of nitrogens with one attached hydrogen (secondary N) is 2. The lowest BCUT2D eigenvalue weighted by Crippen LogP contribution is -2.42. The van der Waals surface area contributed by atoms with Gasteiger partial charge < -0.3 is 15.4 Å². The maximum absolute atomic E-state index is 5.57. The Bertz CT molecular complexity index is 524. The number of hydrogen-bond acceptors (Lipinski definition) is 4. The number of hydrogen-bond donors (Lipinski definition) is 2. The van der Waals surface area contributed by atoms with E-state index in [1.165, 1.54) is 19.3 Å². The molecule has 2 atom stereocenters. The molecule has 142 valence electrons. The summed E-state index contributed by atoms with van der Waals surface area (Å²) in [7, 11) is 0. The van der Waals surface area contributed by atoms with Gasteiger partial charge in [-0.2, -0.15) is 11.8 Å². The maximum atomic E-state index is 5.57. The average Bonchev–Trinajstić information content (AvgIpc) is 3.01. The quantitative estimate of drug-likeness (QED) is 0.355. The van der Waals surface area contributed by atoms with Crippen LogP contribution in [-0.2, 0) is 6.54 Å². The Morgan fingerprint density at radius 2 is 2.20 bits per heavy atom. The molecule has 2 N–H and O–H groups in total. The first-order valence-corrected chi connectivity index (χ1v) is 10.1. The lowest BCUT2D eigenvalue weighted by Gasteiger charge is -2.17. The van der Waals surface area contributed by atoms with Gasteiger partial charge in [-0.05, 0) is 51.9 Å². The van der Waals surface area contributed by atoms with E-state index < -0.39 is 0 Å². The number of aromatic nitrogens is 1. The van der Waals surface area contributed by atoms with Gasteiger partial charge in [0.2, 0.25) is 5.88 Å². The van der Waals surface area contributed by atoms with Crippen molar-refractivity contribution in [2.45, 2.75) is 64.0 Å². The molecule has 1 heterocycles. The Morgan fingerprint density at radius 1 is 1.40 bits per heavy atom. The predicted molar refractivity (Wildman–Crippen MR) is 118 cm³/mol. The molecule has 0 saturated heterocycles. The van der Waals surface area contributed by atoms with Crippen LogP contribution < -0.4 is 15.4 Å². The van der Waals surface area contributed by atoms with Crippen LogP contribution in [0.4, 0.5) is 0 Å². The van der Waals surface area contributed by atoms with Crippen molar-refractivity contribution in [3.63, 3.8) is 0 Å². The number of thioether (sulfide) groups is 1. The smallest absolute Gasteiger partial charge is 0.213 e. The number of rotatable bonds is 7. The summed E-state index contributed by atoms with van der Waals surface area (Å²) in [5.41, 5.74) is 1.08. The second kappa shape index (κ2) is 11.8. The van der Waals surface area contributed by atoms with Crippen LogP contribution in [0.25, 0.3) is 0 Å². The lowest BCUT2D eigenvalue weighted by molar-refractivity contribution is 0.232. The van der Waals surface area contributed by atoms with Crippen molar-refractivity contribution in [3.05, 3.63) is 23.9 Å². The largest absolute Gasteiger partial charge is 0.475 e. The Balaban J connectivity index is 0.00000312. The van der Waals surface area contributed by atoms with Gasteiger partial charge in [-0.25, -0.2) is 9.98 Å². The van der Waals surface area contributed by atoms with Crippen molar-refractivity contribution in [3.8, 4) is 5.88 Å². The molecule has 7 heteroatoms. The highest BCUT2D eigenvalue weighted by Gasteiger charge is 2.24. The molecule has 0 aromatic carbocycles. The molecule has 25 heavy (non-hydrogen) atoms. The van der Waals surface area contributed by atoms with Crippen molar-refractivity contribution in [1.82, 2.24) is 15.6 Å². The van der Waals surface area contributed by atoms with Gasteiger partial charge >= 0.3 is 0 Å². The third-order valence-corrected chi connectivity index (χ3v) is 5.07. The van der Waals surface area contributed by atoms with Crippen LogP contribution in [0.1, 0.15) is 45.6 Å². The van der Waals surface area contributed by atoms with Crippen LogP contribution in [0.5, 0.6) is 5.88 Å². The zero-order valence-electron chi connectivity index (χ0n) is 15.6. The summed E-state index contributed by atoms with van der Waals surface area (Å²) >= 11 is 1.97. The SMILES string of the molecule is CCNC(=NCc1ccc(OC(C)C)nc1)NC1CCC(SC)C1.I. The normalized spacial score (nSPS) is 20.3. The Morgan fingerprint density at radius 3 is 2.76 bits per heavy atom. The predicted octanol–water partition coefficient (Wildman–Crippen LogP) is 3.83. The summed E-state index contributed by atoms with van der Waals surface area (Å²) in [6.07, 6.45) is 7.91. The monoisotopic (exact) mass is 478 g/mol. The standard InChI is InChI=1S/C18H30N4OS.HI/c1-5-19-18(22-15-7-8-16(10-15)24-4)21-12-14-6-9-17(20-11-14)23-13(2)3;/h6,9,11,13,15-16H,5,7-8,10,12H2,1-4H3,(H2,19,21,22);1H. The summed E-state index contributed by atoms with van der Waals surface area (Å²) in [5.74, 6) is 1.56. The van der Waals surface area contributed by atoms with Gasteiger partial charge in [0, 0.05) is 30.1 Å². The zero-order chi connectivity index (χ0) is 17.4. The highest BCUT2D eigenvalue weighted by Crippen LogP contribution is 2.28. The topological polar surface area (TPSA) is 58.5 Å². The minimum absolute atomic E-state index is 0. The molecule has 1 fully saturated rings. The molecular weight excluding hydrogens is 447 g/mol. The molecule has 0 radical (unpaired) electrons. The maximum Gasteiger partial charge on any atom is 0.213 e. The molecule has 0 bridgehead atoms. The van der Waals surface area contributed by atoms with E-state index in [0.717, 1.165) is 23.3 Å². The van der Waals surface area contributed by atoms with Gasteiger partial charge in [0.25, 0.3) is 0 Å². The van der Waals surface area contributed by atoms with Crippen LogP contribution in [-0.4, -0.2) is 41.1 Å². The van der Waals surface area contributed by atoms with Crippen LogP contribution in [0.3, 0.4) is 0 Å². The lowest BCUT2D eigenvalue weighted by atomic mass is 10.2. The van der Waals surface area contributed by atoms with E-state index in [9.17, 15) is 0 Å². The minimum Gasteiger partial charge on any atom is -0.475 e. The molecule has 0 spiro atoms. The molecule has 1 aliphatic carbocycles. The molecule has 1 saturated carbocycles. The fraction of sp³-hybridized carbons (Fsp3) is 0.667. The molecule has 1 aromatic heterocycles. The molecule has 1 aromatic rings. The average molecular weight is 478 g/mol. The summed E-state index contributed by atoms with van der Waals surface area (Å²) in [6.45, 7) is 7.57. The molecule has 2 unspecified atom stereocenters. The number of halogens is 1. The third kappa shape index (κ3) is 8.02. The van der Waals surface area contributed by atoms with Crippen LogP contribution >= 0.6 is 35.7 Å². The van der Waals surface area contributed by atoms with Crippen molar-refractivity contribution in [1.29, 1.82) is 0 Å². The van der Waals surface area contributed by atoms with Gasteiger partial charge in [-0.1, -0.05) is 6.07 Å². The van der Waals surface area contributed by atoms with Crippen molar-refractivity contribution >= 4 is 41.7 Å². The molecule has 0 aliphatic heterocycles. The summed E-state index contributed by atoms with van der Waals surface area (Å²) in [5, 5.41) is 7.69. The fourth-order valence-electron chi connectivity index (χ4n) is 2.78. The number of guanidine groups is 1. The molecule has 1 aliphatic rings. The Kier molecular flexibility index (Phi) is 10.6. The minimum atomic E-state index is 0. The highest BCUT2D eigenvalue weighted by atomic mass is 127. The van der Waals surface area contributed by atoms with Crippen LogP contribution in [0.15, 0.2) is 23.3 Å². The zero-order valence-corrected chi connectivity index (χ0v) is 18.8. The Hall–Kier alpha value is -0.700. The van der Waals surface area contributed by atoms with E-state index in [1.54, 1.807) is 0 Å². The second-order valence-corrected chi connectivity index (χ2v) is 7.52. The number of ether oxygens (including phenoxy) is 1. The molecule has 5 nitrogen and oxygen atoms in total. The fourth-order valence-corrected chi connectivity index (χ4v) is 3.58. The highest BCUT2D eigenvalue weighted by molar-refractivity contribution is 14.0.